The molecule has 3 aromatic rings. The summed E-state index contributed by atoms with van der Waals surface area (Å²) in [7, 11) is 1.70. The lowest BCUT2D eigenvalue weighted by molar-refractivity contribution is 0.410. The second-order valence-electron chi connectivity index (χ2n) is 6.94. The van der Waals surface area contributed by atoms with Crippen molar-refractivity contribution in [2.75, 3.05) is 23.9 Å². The molecule has 0 aliphatic heterocycles. The van der Waals surface area contributed by atoms with Crippen molar-refractivity contribution in [3.63, 3.8) is 0 Å². The van der Waals surface area contributed by atoms with Gasteiger partial charge < -0.3 is 15.0 Å². The third kappa shape index (κ3) is 5.22. The summed E-state index contributed by atoms with van der Waals surface area (Å²) in [4.78, 5) is 11.5. The minimum absolute atomic E-state index is 0.295. The maximum absolute atomic E-state index is 5.42. The maximum atomic E-state index is 5.42. The van der Waals surface area contributed by atoms with Gasteiger partial charge in [0.1, 0.15) is 11.6 Å². The Labute approximate surface area is 167 Å². The van der Waals surface area contributed by atoms with Crippen molar-refractivity contribution in [2.24, 2.45) is 0 Å². The van der Waals surface area contributed by atoms with Crippen molar-refractivity contribution in [3.8, 4) is 5.75 Å². The van der Waals surface area contributed by atoms with Gasteiger partial charge in [-0.1, -0.05) is 48.5 Å². The second-order valence-corrected chi connectivity index (χ2v) is 6.94. The van der Waals surface area contributed by atoms with E-state index in [0.717, 1.165) is 37.0 Å². The van der Waals surface area contributed by atoms with E-state index in [1.54, 1.807) is 7.11 Å². The molecule has 5 nitrogen and oxygen atoms in total. The van der Waals surface area contributed by atoms with E-state index >= 15 is 0 Å². The first kappa shape index (κ1) is 19.7. The molecule has 0 fully saturated rings. The fourth-order valence-electron chi connectivity index (χ4n) is 3.08. The van der Waals surface area contributed by atoms with E-state index in [1.165, 1.54) is 11.1 Å². The van der Waals surface area contributed by atoms with Crippen LogP contribution in [0.3, 0.4) is 0 Å². The van der Waals surface area contributed by atoms with Crippen LogP contribution in [-0.4, -0.2) is 29.7 Å². The van der Waals surface area contributed by atoms with Gasteiger partial charge in [-0.2, -0.15) is 4.98 Å². The van der Waals surface area contributed by atoms with Gasteiger partial charge in [0.2, 0.25) is 5.95 Å². The standard InChI is InChI=1S/C23H28N4O/c1-18(2)27(17-19-9-5-4-6-10-19)23-25-16-14-22(26-23)24-15-13-20-11-7-8-12-21(20)28-3/h4-12,14,16,18H,13,15,17H2,1-3H3,(H,24,25,26). The molecule has 5 heteroatoms. The average molecular weight is 377 g/mol. The number of hydrogen-bond donors (Lipinski definition) is 1. The number of hydrogen-bond acceptors (Lipinski definition) is 5. The van der Waals surface area contributed by atoms with Gasteiger partial charge in [0.15, 0.2) is 0 Å². The van der Waals surface area contributed by atoms with E-state index in [-0.39, 0.29) is 0 Å². The van der Waals surface area contributed by atoms with Crippen LogP contribution >= 0.6 is 0 Å². The van der Waals surface area contributed by atoms with E-state index in [1.807, 2.05) is 36.5 Å². The Bertz CT molecular complexity index is 867. The number of nitrogens with zero attached hydrogens (tertiary/aromatic N) is 3. The molecule has 0 bridgehead atoms. The molecular weight excluding hydrogens is 348 g/mol. The third-order valence-electron chi connectivity index (χ3n) is 4.61. The minimum Gasteiger partial charge on any atom is -0.496 e. The second kappa shape index (κ2) is 9.74. The van der Waals surface area contributed by atoms with E-state index in [9.17, 15) is 0 Å². The highest BCUT2D eigenvalue weighted by Gasteiger charge is 2.14. The number of rotatable bonds is 9. The lowest BCUT2D eigenvalue weighted by Gasteiger charge is -2.27. The molecule has 146 valence electrons. The summed E-state index contributed by atoms with van der Waals surface area (Å²) in [6, 6.07) is 20.7. The van der Waals surface area contributed by atoms with Crippen LogP contribution in [0.25, 0.3) is 0 Å². The molecule has 0 saturated heterocycles. The first-order valence-corrected chi connectivity index (χ1v) is 9.66. The molecule has 0 aliphatic rings. The Hall–Kier alpha value is -3.08. The smallest absolute Gasteiger partial charge is 0.227 e. The van der Waals surface area contributed by atoms with Crippen LogP contribution in [0, 0.1) is 0 Å². The lowest BCUT2D eigenvalue weighted by Crippen LogP contribution is -2.31. The normalized spacial score (nSPS) is 10.7. The molecule has 3 rings (SSSR count). The van der Waals surface area contributed by atoms with Gasteiger partial charge in [-0.3, -0.25) is 0 Å². The number of benzene rings is 2. The zero-order chi connectivity index (χ0) is 19.8. The van der Waals surface area contributed by atoms with Crippen LogP contribution in [0.2, 0.25) is 0 Å². The lowest BCUT2D eigenvalue weighted by atomic mass is 10.1. The summed E-state index contributed by atoms with van der Waals surface area (Å²) < 4.78 is 5.42. The maximum Gasteiger partial charge on any atom is 0.227 e. The Morgan fingerprint density at radius 3 is 2.50 bits per heavy atom. The molecule has 0 unspecified atom stereocenters. The molecule has 1 heterocycles. The monoisotopic (exact) mass is 376 g/mol. The average Bonchev–Trinajstić information content (AvgIpc) is 2.73. The number of para-hydroxylation sites is 1. The van der Waals surface area contributed by atoms with Gasteiger partial charge in [0, 0.05) is 25.3 Å². The Morgan fingerprint density at radius 2 is 1.75 bits per heavy atom. The van der Waals surface area contributed by atoms with Gasteiger partial charge in [-0.15, -0.1) is 0 Å². The van der Waals surface area contributed by atoms with Crippen molar-refractivity contribution in [2.45, 2.75) is 32.9 Å². The fourth-order valence-corrected chi connectivity index (χ4v) is 3.08. The van der Waals surface area contributed by atoms with Crippen LogP contribution in [0.4, 0.5) is 11.8 Å². The van der Waals surface area contributed by atoms with Gasteiger partial charge in [0.05, 0.1) is 7.11 Å². The Morgan fingerprint density at radius 1 is 1.00 bits per heavy atom. The van der Waals surface area contributed by atoms with Crippen LogP contribution in [0.5, 0.6) is 5.75 Å². The van der Waals surface area contributed by atoms with Crippen LogP contribution in [-0.2, 0) is 13.0 Å². The number of nitrogens with one attached hydrogen (secondary N) is 1. The number of aromatic nitrogens is 2. The van der Waals surface area contributed by atoms with Gasteiger partial charge >= 0.3 is 0 Å². The molecular formula is C23H28N4O. The van der Waals surface area contributed by atoms with E-state index in [0.29, 0.717) is 6.04 Å². The zero-order valence-corrected chi connectivity index (χ0v) is 16.8. The molecule has 0 amide bonds. The van der Waals surface area contributed by atoms with E-state index in [2.05, 4.69) is 59.4 Å². The SMILES string of the molecule is COc1ccccc1CCNc1ccnc(N(Cc2ccccc2)C(C)C)n1. The number of ether oxygens (including phenoxy) is 1. The predicted octanol–water partition coefficient (Wildman–Crippen LogP) is 4.55. The fraction of sp³-hybridized carbons (Fsp3) is 0.304. The summed E-state index contributed by atoms with van der Waals surface area (Å²) >= 11 is 0. The molecule has 1 aromatic heterocycles. The topological polar surface area (TPSA) is 50.3 Å². The van der Waals surface area contributed by atoms with Crippen molar-refractivity contribution >= 4 is 11.8 Å². The van der Waals surface area contributed by atoms with Crippen molar-refractivity contribution in [1.82, 2.24) is 9.97 Å². The molecule has 0 atom stereocenters. The highest BCUT2D eigenvalue weighted by Crippen LogP contribution is 2.19. The van der Waals surface area contributed by atoms with E-state index in [4.69, 9.17) is 9.72 Å². The molecule has 28 heavy (non-hydrogen) atoms. The first-order chi connectivity index (χ1) is 13.7. The molecule has 0 saturated carbocycles. The van der Waals surface area contributed by atoms with Crippen LogP contribution < -0.4 is 15.0 Å². The summed E-state index contributed by atoms with van der Waals surface area (Å²) in [5.41, 5.74) is 2.42. The Balaban J connectivity index is 1.66. The van der Waals surface area contributed by atoms with Gasteiger partial charge in [0.25, 0.3) is 0 Å². The molecule has 0 aliphatic carbocycles. The molecule has 1 N–H and O–H groups in total. The third-order valence-corrected chi connectivity index (χ3v) is 4.61. The summed E-state index contributed by atoms with van der Waals surface area (Å²) in [5, 5.41) is 3.41. The van der Waals surface area contributed by atoms with Crippen molar-refractivity contribution in [1.29, 1.82) is 0 Å². The number of anilines is 2. The minimum atomic E-state index is 0.295. The van der Waals surface area contributed by atoms with Crippen molar-refractivity contribution < 1.29 is 4.74 Å². The van der Waals surface area contributed by atoms with Crippen LogP contribution in [0.1, 0.15) is 25.0 Å². The first-order valence-electron chi connectivity index (χ1n) is 9.66. The summed E-state index contributed by atoms with van der Waals surface area (Å²) in [6.45, 7) is 5.88. The van der Waals surface area contributed by atoms with E-state index < -0.39 is 0 Å². The van der Waals surface area contributed by atoms with Crippen molar-refractivity contribution in [3.05, 3.63) is 78.0 Å². The predicted molar refractivity (Wildman–Crippen MR) is 115 cm³/mol. The quantitative estimate of drug-likeness (QED) is 0.593. The zero-order valence-electron chi connectivity index (χ0n) is 16.8. The molecule has 0 radical (unpaired) electrons. The largest absolute Gasteiger partial charge is 0.496 e. The highest BCUT2D eigenvalue weighted by molar-refractivity contribution is 5.43. The summed E-state index contributed by atoms with van der Waals surface area (Å²) in [6.07, 6.45) is 2.68. The highest BCUT2D eigenvalue weighted by atomic mass is 16.5. The van der Waals surface area contributed by atoms with Gasteiger partial charge in [-0.25, -0.2) is 4.98 Å². The van der Waals surface area contributed by atoms with Crippen LogP contribution in [0.15, 0.2) is 66.9 Å². The van der Waals surface area contributed by atoms with Gasteiger partial charge in [-0.05, 0) is 43.5 Å². The summed E-state index contributed by atoms with van der Waals surface area (Å²) in [5.74, 6) is 2.49. The Kier molecular flexibility index (Phi) is 6.84. The number of methoxy groups -OCH3 is 1. The molecule has 0 spiro atoms. The molecule has 2 aromatic carbocycles.